The molecule has 0 unspecified atom stereocenters. The summed E-state index contributed by atoms with van der Waals surface area (Å²) in [6.07, 6.45) is 1.44. The maximum absolute atomic E-state index is 13.6. The van der Waals surface area contributed by atoms with Crippen molar-refractivity contribution in [2.45, 2.75) is 58.7 Å². The molecule has 0 saturated carbocycles. The van der Waals surface area contributed by atoms with Gasteiger partial charge in [0.15, 0.2) is 0 Å². The Morgan fingerprint density at radius 1 is 1.00 bits per heavy atom. The van der Waals surface area contributed by atoms with Gasteiger partial charge in [0.2, 0.25) is 5.91 Å². The van der Waals surface area contributed by atoms with Crippen LogP contribution in [0.2, 0.25) is 0 Å². The lowest BCUT2D eigenvalue weighted by Gasteiger charge is -2.22. The molecule has 1 fully saturated rings. The van der Waals surface area contributed by atoms with E-state index in [0.29, 0.717) is 24.5 Å². The Morgan fingerprint density at radius 3 is 2.44 bits per heavy atom. The van der Waals surface area contributed by atoms with Gasteiger partial charge < -0.3 is 14.0 Å². The second-order valence-corrected chi connectivity index (χ2v) is 13.0. The van der Waals surface area contributed by atoms with E-state index in [1.165, 1.54) is 16.7 Å². The molecule has 1 aliphatic rings. The van der Waals surface area contributed by atoms with Crippen molar-refractivity contribution in [1.82, 2.24) is 19.9 Å². The number of thiazole rings is 1. The summed E-state index contributed by atoms with van der Waals surface area (Å²) >= 11 is 1.64. The number of carbonyl (C=O) groups is 2. The van der Waals surface area contributed by atoms with Crippen molar-refractivity contribution in [3.63, 3.8) is 0 Å². The zero-order chi connectivity index (χ0) is 33.5. The van der Waals surface area contributed by atoms with E-state index in [1.54, 1.807) is 17.4 Å². The van der Waals surface area contributed by atoms with Crippen LogP contribution in [0.5, 0.6) is 5.75 Å². The van der Waals surface area contributed by atoms with Gasteiger partial charge in [0.1, 0.15) is 30.2 Å². The van der Waals surface area contributed by atoms with Gasteiger partial charge in [-0.25, -0.2) is 14.7 Å². The van der Waals surface area contributed by atoms with Crippen molar-refractivity contribution >= 4 is 23.3 Å². The first-order valence-corrected chi connectivity index (χ1v) is 17.2. The fraction of sp³-hybridized carbons (Fsp3) is 0.316. The molecule has 1 saturated heterocycles. The molecule has 0 radical (unpaired) electrons. The second kappa shape index (κ2) is 15.4. The number of imide groups is 1. The van der Waals surface area contributed by atoms with Crippen LogP contribution in [0.4, 0.5) is 4.79 Å². The summed E-state index contributed by atoms with van der Waals surface area (Å²) in [5.41, 5.74) is 5.85. The second-order valence-electron chi connectivity index (χ2n) is 11.9. The van der Waals surface area contributed by atoms with Gasteiger partial charge in [0.05, 0.1) is 22.3 Å². The molecular weight excluding hydrogens is 625 g/mol. The highest BCUT2D eigenvalue weighted by molar-refractivity contribution is 7.15. The Morgan fingerprint density at radius 2 is 1.75 bits per heavy atom. The van der Waals surface area contributed by atoms with Crippen LogP contribution in [-0.4, -0.2) is 57.7 Å². The maximum Gasteiger partial charge on any atom is 0.416 e. The molecule has 3 heterocycles. The fourth-order valence-electron chi connectivity index (χ4n) is 5.96. The van der Waals surface area contributed by atoms with E-state index in [1.807, 2.05) is 61.5 Å². The van der Waals surface area contributed by atoms with E-state index in [-0.39, 0.29) is 25.0 Å². The Balaban J connectivity index is 1.10. The zero-order valence-corrected chi connectivity index (χ0v) is 28.3. The minimum Gasteiger partial charge on any atom is -0.488 e. The summed E-state index contributed by atoms with van der Waals surface area (Å²) < 4.78 is 16.6. The van der Waals surface area contributed by atoms with E-state index in [4.69, 9.17) is 19.0 Å². The van der Waals surface area contributed by atoms with Gasteiger partial charge in [0, 0.05) is 30.5 Å². The number of hydrogen-bond acceptors (Lipinski definition) is 9. The molecule has 48 heavy (non-hydrogen) atoms. The standard InChI is InChI=1S/C38H40N4O5S/c1-4-41(5-2)23-28-11-13-30(14-12-28)37-39-26(3)35(48-37)25-45-32-17-15-29(16-18-32)33(34-19-20-47-40-34)22-36(43)42-31(24-46-38(42)44)21-27-9-7-6-8-10-27/h6-20,31,33H,4-5,21-25H2,1-3H3/t31-,33-/m0/s1. The number of aromatic nitrogens is 2. The number of nitrogens with zero attached hydrogens (tertiary/aromatic N) is 4. The van der Waals surface area contributed by atoms with Crippen LogP contribution >= 0.6 is 11.3 Å². The Bertz CT molecular complexity index is 1790. The van der Waals surface area contributed by atoms with Crippen molar-refractivity contribution in [2.24, 2.45) is 0 Å². The molecule has 0 N–H and O–H groups in total. The highest BCUT2D eigenvalue weighted by Crippen LogP contribution is 2.32. The van der Waals surface area contributed by atoms with Gasteiger partial charge >= 0.3 is 6.09 Å². The van der Waals surface area contributed by atoms with Crippen LogP contribution in [0, 0.1) is 6.92 Å². The van der Waals surface area contributed by atoms with Crippen molar-refractivity contribution in [1.29, 1.82) is 0 Å². The quantitative estimate of drug-likeness (QED) is 0.120. The Kier molecular flexibility index (Phi) is 10.6. The third kappa shape index (κ3) is 7.83. The number of benzene rings is 3. The first-order chi connectivity index (χ1) is 23.4. The number of aryl methyl sites for hydroxylation is 1. The van der Waals surface area contributed by atoms with Crippen LogP contribution in [0.25, 0.3) is 10.6 Å². The molecular formula is C38H40N4O5S. The lowest BCUT2D eigenvalue weighted by Crippen LogP contribution is -2.40. The number of cyclic esters (lactones) is 1. The lowest BCUT2D eigenvalue weighted by molar-refractivity contribution is -0.129. The minimum atomic E-state index is -0.614. The number of amides is 2. The van der Waals surface area contributed by atoms with Gasteiger partial charge in [-0.15, -0.1) is 11.3 Å². The smallest absolute Gasteiger partial charge is 0.416 e. The first kappa shape index (κ1) is 33.1. The average molecular weight is 665 g/mol. The summed E-state index contributed by atoms with van der Waals surface area (Å²) in [5.74, 6) is -0.0346. The predicted molar refractivity (Wildman–Crippen MR) is 185 cm³/mol. The highest BCUT2D eigenvalue weighted by Gasteiger charge is 2.39. The molecule has 2 atom stereocenters. The third-order valence-electron chi connectivity index (χ3n) is 8.78. The summed E-state index contributed by atoms with van der Waals surface area (Å²) in [4.78, 5) is 35.8. The van der Waals surface area contributed by atoms with E-state index in [2.05, 4.69) is 48.2 Å². The van der Waals surface area contributed by atoms with Crippen molar-refractivity contribution < 1.29 is 23.6 Å². The van der Waals surface area contributed by atoms with E-state index in [0.717, 1.165) is 51.9 Å². The molecule has 9 nitrogen and oxygen atoms in total. The van der Waals surface area contributed by atoms with E-state index >= 15 is 0 Å². The Hall–Kier alpha value is -4.80. The lowest BCUT2D eigenvalue weighted by atomic mass is 9.91. The summed E-state index contributed by atoms with van der Waals surface area (Å²) in [7, 11) is 0. The molecule has 0 aliphatic carbocycles. The molecule has 248 valence electrons. The first-order valence-electron chi connectivity index (χ1n) is 16.4. The highest BCUT2D eigenvalue weighted by atomic mass is 32.1. The molecule has 0 bridgehead atoms. The topological polar surface area (TPSA) is 98.0 Å². The van der Waals surface area contributed by atoms with Crippen LogP contribution in [0.3, 0.4) is 0 Å². The van der Waals surface area contributed by atoms with Crippen LogP contribution in [0.1, 0.15) is 59.1 Å². The van der Waals surface area contributed by atoms with Crippen LogP contribution < -0.4 is 4.74 Å². The van der Waals surface area contributed by atoms with Gasteiger partial charge in [0.25, 0.3) is 0 Å². The van der Waals surface area contributed by atoms with Gasteiger partial charge in [-0.05, 0) is 55.3 Å². The molecule has 2 amide bonds. The summed E-state index contributed by atoms with van der Waals surface area (Å²) in [6.45, 7) is 9.96. The molecule has 6 rings (SSSR count). The van der Waals surface area contributed by atoms with E-state index < -0.39 is 12.0 Å². The SMILES string of the molecule is CCN(CC)Cc1ccc(-c2nc(C)c(COc3ccc([C@H](CC(=O)N4C(=O)OC[C@@H]4Cc4ccccc4)c4ccon4)cc3)s2)cc1. The van der Waals surface area contributed by atoms with E-state index in [9.17, 15) is 9.59 Å². The molecule has 2 aromatic heterocycles. The summed E-state index contributed by atoms with van der Waals surface area (Å²) in [5, 5.41) is 5.11. The molecule has 1 aliphatic heterocycles. The number of hydrogen-bond donors (Lipinski definition) is 0. The fourth-order valence-corrected chi connectivity index (χ4v) is 6.94. The van der Waals surface area contributed by atoms with Crippen molar-refractivity contribution in [3.05, 3.63) is 124 Å². The number of ether oxygens (including phenoxy) is 2. The molecule has 3 aromatic carbocycles. The molecule has 5 aromatic rings. The summed E-state index contributed by atoms with van der Waals surface area (Å²) in [6, 6.07) is 27.5. The van der Waals surface area contributed by atoms with Gasteiger partial charge in [-0.1, -0.05) is 85.7 Å². The predicted octanol–water partition coefficient (Wildman–Crippen LogP) is 7.64. The molecule has 10 heteroatoms. The third-order valence-corrected chi connectivity index (χ3v) is 9.96. The normalized spacial score (nSPS) is 15.1. The Labute approximate surface area is 285 Å². The molecule has 0 spiro atoms. The largest absolute Gasteiger partial charge is 0.488 e. The monoisotopic (exact) mass is 664 g/mol. The van der Waals surface area contributed by atoms with Gasteiger partial charge in [-0.2, -0.15) is 0 Å². The zero-order valence-electron chi connectivity index (χ0n) is 27.5. The van der Waals surface area contributed by atoms with Crippen molar-refractivity contribution in [2.75, 3.05) is 19.7 Å². The minimum absolute atomic E-state index is 0.0341. The van der Waals surface area contributed by atoms with Crippen LogP contribution in [-0.2, 0) is 29.1 Å². The number of carbonyl (C=O) groups excluding carboxylic acids is 2. The van der Waals surface area contributed by atoms with Gasteiger partial charge in [-0.3, -0.25) is 9.69 Å². The number of rotatable bonds is 14. The average Bonchev–Trinajstić information content (AvgIpc) is 3.87. The van der Waals surface area contributed by atoms with Crippen molar-refractivity contribution in [3.8, 4) is 16.3 Å². The maximum atomic E-state index is 13.6. The van der Waals surface area contributed by atoms with Crippen LogP contribution in [0.15, 0.2) is 95.7 Å².